The van der Waals surface area contributed by atoms with Crippen molar-refractivity contribution in [3.05, 3.63) is 33.3 Å². The summed E-state index contributed by atoms with van der Waals surface area (Å²) in [5.41, 5.74) is 1.01. The first kappa shape index (κ1) is 9.50. The van der Waals surface area contributed by atoms with Crippen molar-refractivity contribution in [2.24, 2.45) is 0 Å². The van der Waals surface area contributed by atoms with E-state index in [1.807, 2.05) is 18.2 Å². The van der Waals surface area contributed by atoms with Gasteiger partial charge in [0.05, 0.1) is 6.61 Å². The van der Waals surface area contributed by atoms with Gasteiger partial charge in [-0.2, -0.15) is 0 Å². The molecule has 0 atom stereocenters. The molecular weight excluding hydrogens is 251 g/mol. The van der Waals surface area contributed by atoms with Crippen molar-refractivity contribution in [3.8, 4) is 0 Å². The van der Waals surface area contributed by atoms with Crippen molar-refractivity contribution in [1.29, 1.82) is 0 Å². The maximum Gasteiger partial charge on any atom is 0.0528 e. The molecule has 0 amide bonds. The van der Waals surface area contributed by atoms with Gasteiger partial charge in [0.2, 0.25) is 0 Å². The van der Waals surface area contributed by atoms with Crippen LogP contribution in [0.5, 0.6) is 0 Å². The molecule has 0 aromatic heterocycles. The molecule has 2 rings (SSSR count). The number of hydrogen-bond donors (Lipinski definition) is 1. The molecule has 1 nitrogen and oxygen atoms in total. The van der Waals surface area contributed by atoms with Gasteiger partial charge in [-0.3, -0.25) is 0 Å². The molecule has 1 fully saturated rings. The molecule has 0 aliphatic heterocycles. The van der Waals surface area contributed by atoms with Crippen LogP contribution in [0, 0.1) is 0 Å². The van der Waals surface area contributed by atoms with Crippen LogP contribution in [0.4, 0.5) is 0 Å². The average Bonchev–Trinajstić information content (AvgIpc) is 2.85. The maximum absolute atomic E-state index is 9.28. The summed E-state index contributed by atoms with van der Waals surface area (Å²) < 4.78 is 1.01. The standard InChI is InChI=1S/C10H10BrClO/c11-7-2-1-3-8(12)9(7)10(6-13)4-5-10/h1-3,13H,4-6H2. The normalized spacial score (nSPS) is 18.7. The Morgan fingerprint density at radius 2 is 2.15 bits per heavy atom. The number of rotatable bonds is 2. The number of aliphatic hydroxyl groups is 1. The third-order valence-electron chi connectivity index (χ3n) is 2.65. The summed E-state index contributed by atoms with van der Waals surface area (Å²) in [5.74, 6) is 0. The number of benzene rings is 1. The Bertz CT molecular complexity index is 313. The lowest BCUT2D eigenvalue weighted by molar-refractivity contribution is 0.254. The molecule has 1 saturated carbocycles. The van der Waals surface area contributed by atoms with Gasteiger partial charge in [-0.1, -0.05) is 33.6 Å². The highest BCUT2D eigenvalue weighted by atomic mass is 79.9. The Morgan fingerprint density at radius 3 is 2.62 bits per heavy atom. The Morgan fingerprint density at radius 1 is 1.46 bits per heavy atom. The van der Waals surface area contributed by atoms with Crippen molar-refractivity contribution in [3.63, 3.8) is 0 Å². The van der Waals surface area contributed by atoms with E-state index in [2.05, 4.69) is 15.9 Å². The van der Waals surface area contributed by atoms with Crippen LogP contribution < -0.4 is 0 Å². The quantitative estimate of drug-likeness (QED) is 0.867. The highest BCUT2D eigenvalue weighted by Gasteiger charge is 2.46. The molecule has 0 bridgehead atoms. The molecule has 0 spiro atoms. The van der Waals surface area contributed by atoms with E-state index >= 15 is 0 Å². The van der Waals surface area contributed by atoms with E-state index in [4.69, 9.17) is 11.6 Å². The zero-order valence-corrected chi connectivity index (χ0v) is 9.40. The predicted octanol–water partition coefficient (Wildman–Crippen LogP) is 3.13. The summed E-state index contributed by atoms with van der Waals surface area (Å²) in [6, 6.07) is 5.75. The van der Waals surface area contributed by atoms with E-state index in [1.54, 1.807) is 0 Å². The van der Waals surface area contributed by atoms with Crippen LogP contribution in [0.15, 0.2) is 22.7 Å². The van der Waals surface area contributed by atoms with E-state index in [9.17, 15) is 5.11 Å². The summed E-state index contributed by atoms with van der Waals surface area (Å²) in [5, 5.41) is 10.0. The largest absolute Gasteiger partial charge is 0.395 e. The fourth-order valence-electron chi connectivity index (χ4n) is 1.64. The Kier molecular flexibility index (Phi) is 2.39. The van der Waals surface area contributed by atoms with Crippen molar-refractivity contribution in [1.82, 2.24) is 0 Å². The molecule has 13 heavy (non-hydrogen) atoms. The molecule has 0 unspecified atom stereocenters. The average molecular weight is 262 g/mol. The zero-order valence-electron chi connectivity index (χ0n) is 7.06. The molecule has 1 aliphatic carbocycles. The van der Waals surface area contributed by atoms with Crippen molar-refractivity contribution in [2.75, 3.05) is 6.61 Å². The second-order valence-corrected chi connectivity index (χ2v) is 4.80. The van der Waals surface area contributed by atoms with E-state index in [-0.39, 0.29) is 12.0 Å². The maximum atomic E-state index is 9.28. The third kappa shape index (κ3) is 1.51. The molecule has 0 saturated heterocycles. The minimum Gasteiger partial charge on any atom is -0.395 e. The topological polar surface area (TPSA) is 20.2 Å². The zero-order chi connectivity index (χ0) is 9.47. The van der Waals surface area contributed by atoms with Gasteiger partial charge >= 0.3 is 0 Å². The van der Waals surface area contributed by atoms with Gasteiger partial charge in [0.15, 0.2) is 0 Å². The van der Waals surface area contributed by atoms with Crippen molar-refractivity contribution >= 4 is 27.5 Å². The van der Waals surface area contributed by atoms with Gasteiger partial charge in [0, 0.05) is 14.9 Å². The monoisotopic (exact) mass is 260 g/mol. The van der Waals surface area contributed by atoms with E-state index in [0.717, 1.165) is 27.9 Å². The van der Waals surface area contributed by atoms with E-state index < -0.39 is 0 Å². The van der Waals surface area contributed by atoms with Gasteiger partial charge in [-0.15, -0.1) is 0 Å². The second kappa shape index (κ2) is 3.26. The van der Waals surface area contributed by atoms with Crippen LogP contribution in [0.2, 0.25) is 5.02 Å². The number of aliphatic hydroxyl groups excluding tert-OH is 1. The Hall–Kier alpha value is -0.0500. The minimum atomic E-state index is -0.0584. The Balaban J connectivity index is 2.50. The fourth-order valence-corrected chi connectivity index (χ4v) is 2.92. The first-order chi connectivity index (χ1) is 6.19. The van der Waals surface area contributed by atoms with Gasteiger partial charge < -0.3 is 5.11 Å². The van der Waals surface area contributed by atoms with E-state index in [0.29, 0.717) is 0 Å². The molecule has 70 valence electrons. The highest BCUT2D eigenvalue weighted by molar-refractivity contribution is 9.10. The van der Waals surface area contributed by atoms with Gasteiger partial charge in [-0.05, 0) is 30.5 Å². The van der Waals surface area contributed by atoms with Crippen LogP contribution in [-0.4, -0.2) is 11.7 Å². The van der Waals surface area contributed by atoms with Crippen LogP contribution in [-0.2, 0) is 5.41 Å². The Labute approximate surface area is 90.9 Å². The summed E-state index contributed by atoms with van der Waals surface area (Å²) in [6.45, 7) is 0.190. The first-order valence-electron chi connectivity index (χ1n) is 4.25. The first-order valence-corrected chi connectivity index (χ1v) is 5.42. The molecular formula is C10H10BrClO. The predicted molar refractivity (Wildman–Crippen MR) is 57.1 cm³/mol. The van der Waals surface area contributed by atoms with Crippen molar-refractivity contribution < 1.29 is 5.11 Å². The molecule has 1 aliphatic rings. The lowest BCUT2D eigenvalue weighted by Crippen LogP contribution is -2.13. The summed E-state index contributed by atoms with van der Waals surface area (Å²) >= 11 is 9.56. The number of hydrogen-bond acceptors (Lipinski definition) is 1. The highest BCUT2D eigenvalue weighted by Crippen LogP contribution is 2.52. The van der Waals surface area contributed by atoms with Gasteiger partial charge in [0.1, 0.15) is 0 Å². The third-order valence-corrected chi connectivity index (χ3v) is 3.63. The molecule has 1 N–H and O–H groups in total. The van der Waals surface area contributed by atoms with Crippen LogP contribution >= 0.6 is 27.5 Å². The molecule has 0 radical (unpaired) electrons. The summed E-state index contributed by atoms with van der Waals surface area (Å²) in [4.78, 5) is 0. The second-order valence-electron chi connectivity index (χ2n) is 3.54. The van der Waals surface area contributed by atoms with Crippen LogP contribution in [0.3, 0.4) is 0 Å². The van der Waals surface area contributed by atoms with Crippen molar-refractivity contribution in [2.45, 2.75) is 18.3 Å². The molecule has 1 aromatic carbocycles. The summed E-state index contributed by atoms with van der Waals surface area (Å²) in [6.07, 6.45) is 2.07. The summed E-state index contributed by atoms with van der Waals surface area (Å²) in [7, 11) is 0. The molecule has 0 heterocycles. The van der Waals surface area contributed by atoms with Gasteiger partial charge in [0.25, 0.3) is 0 Å². The molecule has 1 aromatic rings. The number of halogens is 2. The minimum absolute atomic E-state index is 0.0584. The molecule has 3 heteroatoms. The SMILES string of the molecule is OCC1(c2c(Cl)cccc2Br)CC1. The van der Waals surface area contributed by atoms with Gasteiger partial charge in [-0.25, -0.2) is 0 Å². The lowest BCUT2D eigenvalue weighted by Gasteiger charge is -2.15. The smallest absolute Gasteiger partial charge is 0.0528 e. The lowest BCUT2D eigenvalue weighted by atomic mass is 9.97. The van der Waals surface area contributed by atoms with Crippen LogP contribution in [0.1, 0.15) is 18.4 Å². The van der Waals surface area contributed by atoms with Crippen LogP contribution in [0.25, 0.3) is 0 Å². The van der Waals surface area contributed by atoms with E-state index in [1.165, 1.54) is 0 Å². The fraction of sp³-hybridized carbons (Fsp3) is 0.400.